The molecule has 0 bridgehead atoms. The first kappa shape index (κ1) is 48.7. The van der Waals surface area contributed by atoms with E-state index in [2.05, 4.69) is 6.58 Å². The summed E-state index contributed by atoms with van der Waals surface area (Å²) in [4.78, 5) is 26.6. The molecule has 0 aromatic rings. The summed E-state index contributed by atoms with van der Waals surface area (Å²) in [7, 11) is 0. The molecule has 20 nitrogen and oxygen atoms in total. The first-order valence-electron chi connectivity index (χ1n) is 21.4. The van der Waals surface area contributed by atoms with Gasteiger partial charge in [0.25, 0.3) is 0 Å². The molecule has 2 saturated carbocycles. The monoisotopic (exact) mass is 888 g/mol. The smallest absolute Gasteiger partial charge is 0.337 e. The second kappa shape index (κ2) is 20.6. The van der Waals surface area contributed by atoms with Gasteiger partial charge in [0.1, 0.15) is 48.8 Å². The highest BCUT2D eigenvalue weighted by atomic mass is 16.8. The van der Waals surface area contributed by atoms with E-state index in [4.69, 9.17) is 37.9 Å². The maximum Gasteiger partial charge on any atom is 0.337 e. The van der Waals surface area contributed by atoms with Gasteiger partial charge < -0.3 is 89.0 Å². The number of esters is 2. The molecule has 6 aliphatic rings. The van der Waals surface area contributed by atoms with Gasteiger partial charge in [-0.25, -0.2) is 9.59 Å². The Morgan fingerprint density at radius 2 is 1.27 bits per heavy atom. The molecule has 4 fully saturated rings. The summed E-state index contributed by atoms with van der Waals surface area (Å²) in [5.41, 5.74) is -0.567. The van der Waals surface area contributed by atoms with Crippen LogP contribution in [0.15, 0.2) is 35.8 Å². The fourth-order valence-corrected chi connectivity index (χ4v) is 9.42. The fourth-order valence-electron chi connectivity index (χ4n) is 9.42. The van der Waals surface area contributed by atoms with Crippen LogP contribution in [0.3, 0.4) is 0 Å². The molecule has 0 unspecified atom stereocenters. The van der Waals surface area contributed by atoms with Gasteiger partial charge in [0.2, 0.25) is 12.6 Å². The van der Waals surface area contributed by atoms with Crippen LogP contribution in [0.25, 0.3) is 0 Å². The lowest BCUT2D eigenvalue weighted by Gasteiger charge is -2.44. The van der Waals surface area contributed by atoms with Crippen LogP contribution < -0.4 is 0 Å². The molecule has 20 heteroatoms. The third-order valence-electron chi connectivity index (χ3n) is 13.4. The van der Waals surface area contributed by atoms with Crippen molar-refractivity contribution in [2.24, 2.45) is 35.5 Å². The Morgan fingerprint density at radius 3 is 1.87 bits per heavy atom. The van der Waals surface area contributed by atoms with Crippen LogP contribution in [0.5, 0.6) is 0 Å². The normalized spacial score (nSPS) is 42.7. The number of hydrogen-bond acceptors (Lipinski definition) is 20. The minimum atomic E-state index is -1.68. The summed E-state index contributed by atoms with van der Waals surface area (Å²) < 4.78 is 45.4. The van der Waals surface area contributed by atoms with Crippen molar-refractivity contribution in [3.8, 4) is 0 Å². The molecule has 0 radical (unpaired) electrons. The molecule has 4 aliphatic heterocycles. The zero-order valence-electron chi connectivity index (χ0n) is 35.2. The molecule has 0 aromatic heterocycles. The van der Waals surface area contributed by atoms with Crippen molar-refractivity contribution >= 4 is 11.9 Å². The molecule has 352 valence electrons. The van der Waals surface area contributed by atoms with Gasteiger partial charge in [-0.05, 0) is 56.4 Å². The SMILES string of the molecule is C=C1[C@H]2[C@H](O[C@@H]3O[C@H](CO)[C@@H](O)[C@H](O)[C@H]3O)OC=C(C(=O)OCC[C@H](C)CCC[C@H](C)COC(=O)C3=CO[C@@H](O[C@@H]4O[C@H](CO)[C@@H](O)[C@H](O)[C@H]4O)[C@H]4[C@@H]3CC[C@]4(C)O)[C@H]2C[C@@H]1O. The first-order valence-corrected chi connectivity index (χ1v) is 21.4. The molecule has 2 aliphatic carbocycles. The van der Waals surface area contributed by atoms with Crippen LogP contribution in [-0.4, -0.2) is 175 Å². The van der Waals surface area contributed by atoms with Gasteiger partial charge in [-0.15, -0.1) is 0 Å². The summed E-state index contributed by atoms with van der Waals surface area (Å²) in [6.45, 7) is 8.50. The number of hydrogen-bond donors (Lipinski definition) is 10. The van der Waals surface area contributed by atoms with E-state index in [0.29, 0.717) is 24.8 Å². The van der Waals surface area contributed by atoms with Crippen LogP contribution in [0.2, 0.25) is 0 Å². The van der Waals surface area contributed by atoms with E-state index < -0.39 is 135 Å². The molecular formula is C42H64O20. The third-order valence-corrected chi connectivity index (χ3v) is 13.4. The van der Waals surface area contributed by atoms with E-state index in [9.17, 15) is 60.7 Å². The zero-order chi connectivity index (χ0) is 45.2. The maximum absolute atomic E-state index is 13.3. The summed E-state index contributed by atoms with van der Waals surface area (Å²) in [5, 5.41) is 102. The van der Waals surface area contributed by atoms with Gasteiger partial charge in [0, 0.05) is 11.8 Å². The predicted molar refractivity (Wildman–Crippen MR) is 208 cm³/mol. The van der Waals surface area contributed by atoms with Gasteiger partial charge in [0.15, 0.2) is 12.6 Å². The van der Waals surface area contributed by atoms with Crippen LogP contribution in [0, 0.1) is 35.5 Å². The van der Waals surface area contributed by atoms with Crippen LogP contribution in [0.1, 0.15) is 65.7 Å². The van der Waals surface area contributed by atoms with E-state index >= 15 is 0 Å². The number of carbonyl (C=O) groups excluding carboxylic acids is 2. The van der Waals surface area contributed by atoms with E-state index in [1.165, 1.54) is 12.5 Å². The van der Waals surface area contributed by atoms with Gasteiger partial charge >= 0.3 is 11.9 Å². The van der Waals surface area contributed by atoms with E-state index in [1.807, 2.05) is 13.8 Å². The Morgan fingerprint density at radius 1 is 0.742 bits per heavy atom. The van der Waals surface area contributed by atoms with Crippen molar-refractivity contribution < 1.29 is 98.5 Å². The highest BCUT2D eigenvalue weighted by molar-refractivity contribution is 5.89. The number of ether oxygens (including phenoxy) is 8. The molecule has 2 saturated heterocycles. The van der Waals surface area contributed by atoms with Crippen molar-refractivity contribution in [3.05, 3.63) is 35.8 Å². The summed E-state index contributed by atoms with van der Waals surface area (Å²) >= 11 is 0. The lowest BCUT2D eigenvalue weighted by molar-refractivity contribution is -0.346. The number of aliphatic hydroxyl groups is 10. The summed E-state index contributed by atoms with van der Waals surface area (Å²) in [5.74, 6) is -3.61. The largest absolute Gasteiger partial charge is 0.471 e. The predicted octanol–water partition coefficient (Wildman–Crippen LogP) is -1.65. The molecule has 0 aromatic carbocycles. The minimum Gasteiger partial charge on any atom is -0.471 e. The maximum atomic E-state index is 13.3. The third kappa shape index (κ3) is 10.3. The average Bonchev–Trinajstić information content (AvgIpc) is 3.73. The highest BCUT2D eigenvalue weighted by Gasteiger charge is 2.57. The van der Waals surface area contributed by atoms with Gasteiger partial charge in [0.05, 0.1) is 73.6 Å². The summed E-state index contributed by atoms with van der Waals surface area (Å²) in [6, 6.07) is 0. The van der Waals surface area contributed by atoms with Crippen LogP contribution >= 0.6 is 0 Å². The van der Waals surface area contributed by atoms with E-state index in [0.717, 1.165) is 19.3 Å². The lowest BCUT2D eigenvalue weighted by atomic mass is 9.81. The second-order valence-corrected chi connectivity index (χ2v) is 18.0. The standard InChI is InChI=1S/C42H64O20/c1-18(9-11-55-36(52)24-17-57-38(28-20(3)25(45)12-22(24)28)61-40-34(50)32(48)30(46)26(13-43)59-40)6-5-7-19(2)15-56-37(53)23-16-58-39(29-21(23)8-10-42(29,4)54)62-41-35(51)33(49)31(47)27(14-44)60-41/h16-19,21-22,25-35,38-41,43-51,54H,3,5-15H2,1-2,4H3/t18-,19+,21-,22-,25+,26-,27-,28-,29-,30-,31-,32+,33+,34-,35-,38+,39+,40+,41+,42+/m1/s1. The number of rotatable bonds is 17. The van der Waals surface area contributed by atoms with E-state index in [1.54, 1.807) is 6.92 Å². The van der Waals surface area contributed by atoms with Crippen molar-refractivity contribution in [2.45, 2.75) is 151 Å². The van der Waals surface area contributed by atoms with Crippen LogP contribution in [0.4, 0.5) is 0 Å². The quantitative estimate of drug-likeness (QED) is 0.0578. The molecule has 62 heavy (non-hydrogen) atoms. The molecular weight excluding hydrogens is 824 g/mol. The van der Waals surface area contributed by atoms with Crippen molar-refractivity contribution in [1.82, 2.24) is 0 Å². The van der Waals surface area contributed by atoms with Gasteiger partial charge in [-0.2, -0.15) is 0 Å². The van der Waals surface area contributed by atoms with Crippen molar-refractivity contribution in [3.63, 3.8) is 0 Å². The fraction of sp³-hybridized carbons (Fsp3) is 0.810. The minimum absolute atomic E-state index is 0.00930. The topological polar surface area (TPSA) is 310 Å². The van der Waals surface area contributed by atoms with Crippen molar-refractivity contribution in [1.29, 1.82) is 0 Å². The average molecular weight is 889 g/mol. The van der Waals surface area contributed by atoms with E-state index in [-0.39, 0.29) is 42.6 Å². The number of aliphatic hydroxyl groups excluding tert-OH is 9. The molecule has 10 N–H and O–H groups in total. The number of carbonyl (C=O) groups is 2. The Hall–Kier alpha value is -2.80. The Balaban J connectivity index is 0.922. The Bertz CT molecular complexity index is 1620. The molecule has 6 rings (SSSR count). The van der Waals surface area contributed by atoms with Gasteiger partial charge in [-0.3, -0.25) is 0 Å². The Kier molecular flexibility index (Phi) is 16.1. The second-order valence-electron chi connectivity index (χ2n) is 18.0. The van der Waals surface area contributed by atoms with Crippen LogP contribution in [-0.2, 0) is 47.5 Å². The van der Waals surface area contributed by atoms with Gasteiger partial charge in [-0.1, -0.05) is 33.3 Å². The molecule has 20 atom stereocenters. The van der Waals surface area contributed by atoms with Crippen molar-refractivity contribution in [2.75, 3.05) is 26.4 Å². The lowest BCUT2D eigenvalue weighted by Crippen LogP contribution is -2.60. The Labute approximate surface area is 359 Å². The summed E-state index contributed by atoms with van der Waals surface area (Å²) in [6.07, 6.45) is -12.3. The molecule has 4 heterocycles. The molecule has 0 amide bonds. The number of fused-ring (bicyclic) bond motifs is 2. The first-order chi connectivity index (χ1) is 29.4. The highest BCUT2D eigenvalue weighted by Crippen LogP contribution is 2.50. The molecule has 0 spiro atoms. The zero-order valence-corrected chi connectivity index (χ0v) is 35.2.